The minimum atomic E-state index is -1.45. The van der Waals surface area contributed by atoms with Crippen LogP contribution in [0.15, 0.2) is 18.2 Å². The van der Waals surface area contributed by atoms with Crippen LogP contribution in [-0.4, -0.2) is 33.0 Å². The molecule has 0 radical (unpaired) electrons. The lowest BCUT2D eigenvalue weighted by Crippen LogP contribution is -2.20. The lowest BCUT2D eigenvalue weighted by atomic mass is 10.00. The van der Waals surface area contributed by atoms with Gasteiger partial charge in [-0.15, -0.1) is 0 Å². The summed E-state index contributed by atoms with van der Waals surface area (Å²) in [4.78, 5) is 10.1. The molecule has 7 heteroatoms. The summed E-state index contributed by atoms with van der Waals surface area (Å²) in [5, 5.41) is 38.7. The van der Waals surface area contributed by atoms with Crippen LogP contribution in [0.2, 0.25) is 0 Å². The van der Waals surface area contributed by atoms with E-state index in [4.69, 9.17) is 10.8 Å². The van der Waals surface area contributed by atoms with Crippen LogP contribution < -0.4 is 5.73 Å². The average Bonchev–Trinajstić information content (AvgIpc) is 2.27. The number of nitrogen functional groups attached to an aromatic ring is 1. The van der Waals surface area contributed by atoms with Crippen LogP contribution >= 0.6 is 0 Å². The number of aliphatic hydroxyl groups is 3. The number of nitro groups is 1. The minimum absolute atomic E-state index is 0.0593. The largest absolute Gasteiger partial charge is 0.396 e. The number of aliphatic hydroxyl groups excluding tert-OH is 3. The summed E-state index contributed by atoms with van der Waals surface area (Å²) in [7, 11) is 0. The van der Waals surface area contributed by atoms with Crippen LogP contribution in [0, 0.1) is 10.1 Å². The van der Waals surface area contributed by atoms with Gasteiger partial charge in [-0.1, -0.05) is 6.07 Å². The maximum Gasteiger partial charge on any atom is 0.297 e. The first kappa shape index (κ1) is 13.4. The lowest BCUT2D eigenvalue weighted by molar-refractivity contribution is -0.385. The summed E-state index contributed by atoms with van der Waals surface area (Å²) in [6.45, 7) is -0.325. The zero-order chi connectivity index (χ0) is 13.0. The standard InChI is InChI=1S/C10H14N2O5/c11-7-3-1-2-6(9(7)12(16)17)10(15)8(14)4-5-13/h1-3,8,10,13-15H,4-5,11H2. The van der Waals surface area contributed by atoms with Crippen molar-refractivity contribution in [2.45, 2.75) is 18.6 Å². The molecule has 1 aromatic carbocycles. The highest BCUT2D eigenvalue weighted by molar-refractivity contribution is 5.63. The molecule has 1 rings (SSSR count). The van der Waals surface area contributed by atoms with Gasteiger partial charge in [0.25, 0.3) is 5.69 Å². The zero-order valence-electron chi connectivity index (χ0n) is 8.98. The second kappa shape index (κ2) is 5.58. The smallest absolute Gasteiger partial charge is 0.297 e. The van der Waals surface area contributed by atoms with E-state index < -0.39 is 22.8 Å². The first-order valence-electron chi connectivity index (χ1n) is 4.98. The van der Waals surface area contributed by atoms with E-state index in [2.05, 4.69) is 0 Å². The van der Waals surface area contributed by atoms with Crippen molar-refractivity contribution in [2.24, 2.45) is 0 Å². The predicted molar refractivity (Wildman–Crippen MR) is 60.2 cm³/mol. The first-order valence-corrected chi connectivity index (χ1v) is 4.98. The normalized spacial score (nSPS) is 14.3. The molecule has 0 aliphatic rings. The van der Waals surface area contributed by atoms with Gasteiger partial charge in [0.2, 0.25) is 0 Å². The molecular weight excluding hydrogens is 228 g/mol. The van der Waals surface area contributed by atoms with Gasteiger partial charge in [-0.3, -0.25) is 10.1 Å². The van der Waals surface area contributed by atoms with E-state index in [9.17, 15) is 20.3 Å². The molecule has 0 aliphatic carbocycles. The summed E-state index contributed by atoms with van der Waals surface area (Å²) in [6, 6.07) is 4.11. The fourth-order valence-electron chi connectivity index (χ4n) is 1.53. The van der Waals surface area contributed by atoms with E-state index in [1.54, 1.807) is 0 Å². The third kappa shape index (κ3) is 2.90. The van der Waals surface area contributed by atoms with Gasteiger partial charge in [0.05, 0.1) is 16.6 Å². The molecule has 0 aromatic heterocycles. The maximum absolute atomic E-state index is 10.8. The second-order valence-electron chi connectivity index (χ2n) is 3.57. The van der Waals surface area contributed by atoms with Gasteiger partial charge in [-0.25, -0.2) is 0 Å². The quantitative estimate of drug-likeness (QED) is 0.325. The molecule has 2 atom stereocenters. The average molecular weight is 242 g/mol. The van der Waals surface area contributed by atoms with Crippen molar-refractivity contribution < 1.29 is 20.2 Å². The maximum atomic E-state index is 10.8. The van der Waals surface area contributed by atoms with E-state index in [1.807, 2.05) is 0 Å². The molecule has 94 valence electrons. The Morgan fingerprint density at radius 2 is 2.06 bits per heavy atom. The van der Waals surface area contributed by atoms with Crippen molar-refractivity contribution in [1.29, 1.82) is 0 Å². The number of rotatable bonds is 5. The van der Waals surface area contributed by atoms with Crippen LogP contribution in [0.4, 0.5) is 11.4 Å². The molecular formula is C10H14N2O5. The summed E-state index contributed by atoms with van der Waals surface area (Å²) in [5.74, 6) is 0. The number of para-hydroxylation sites is 1. The molecule has 0 spiro atoms. The van der Waals surface area contributed by atoms with E-state index in [1.165, 1.54) is 18.2 Å². The Balaban J connectivity index is 3.13. The Morgan fingerprint density at radius 1 is 1.41 bits per heavy atom. The van der Waals surface area contributed by atoms with Gasteiger partial charge >= 0.3 is 0 Å². The van der Waals surface area contributed by atoms with E-state index in [0.717, 1.165) is 0 Å². The highest BCUT2D eigenvalue weighted by Gasteiger charge is 2.27. The summed E-state index contributed by atoms with van der Waals surface area (Å²) in [6.07, 6.45) is -2.81. The predicted octanol–water partition coefficient (Wildman–Crippen LogP) is -0.0463. The number of nitro benzene ring substituents is 1. The van der Waals surface area contributed by atoms with Gasteiger partial charge in [-0.05, 0) is 18.6 Å². The van der Waals surface area contributed by atoms with Gasteiger partial charge < -0.3 is 21.1 Å². The molecule has 2 unspecified atom stereocenters. The van der Waals surface area contributed by atoms with E-state index in [0.29, 0.717) is 0 Å². The van der Waals surface area contributed by atoms with Crippen molar-refractivity contribution in [3.63, 3.8) is 0 Å². The van der Waals surface area contributed by atoms with Crippen LogP contribution in [0.5, 0.6) is 0 Å². The van der Waals surface area contributed by atoms with Crippen molar-refractivity contribution in [3.8, 4) is 0 Å². The van der Waals surface area contributed by atoms with Crippen molar-refractivity contribution in [1.82, 2.24) is 0 Å². The van der Waals surface area contributed by atoms with Crippen LogP contribution in [-0.2, 0) is 0 Å². The second-order valence-corrected chi connectivity index (χ2v) is 3.57. The zero-order valence-corrected chi connectivity index (χ0v) is 8.98. The summed E-state index contributed by atoms with van der Waals surface area (Å²) >= 11 is 0. The number of benzene rings is 1. The third-order valence-electron chi connectivity index (χ3n) is 2.39. The van der Waals surface area contributed by atoms with Gasteiger partial charge in [0.1, 0.15) is 11.8 Å². The number of hydrogen-bond donors (Lipinski definition) is 4. The number of nitrogens with zero attached hydrogens (tertiary/aromatic N) is 1. The fraction of sp³-hybridized carbons (Fsp3) is 0.400. The molecule has 5 N–H and O–H groups in total. The molecule has 0 saturated heterocycles. The molecule has 0 fully saturated rings. The third-order valence-corrected chi connectivity index (χ3v) is 2.39. The highest BCUT2D eigenvalue weighted by Crippen LogP contribution is 2.32. The highest BCUT2D eigenvalue weighted by atomic mass is 16.6. The Labute approximate surface area is 97.3 Å². The van der Waals surface area contributed by atoms with Gasteiger partial charge in [0.15, 0.2) is 0 Å². The first-order chi connectivity index (χ1) is 7.99. The Hall–Kier alpha value is -1.70. The summed E-state index contributed by atoms with van der Waals surface area (Å²) < 4.78 is 0. The van der Waals surface area contributed by atoms with Gasteiger partial charge in [0, 0.05) is 6.61 Å². The van der Waals surface area contributed by atoms with Crippen molar-refractivity contribution in [3.05, 3.63) is 33.9 Å². The fourth-order valence-corrected chi connectivity index (χ4v) is 1.53. The topological polar surface area (TPSA) is 130 Å². The Morgan fingerprint density at radius 3 is 2.59 bits per heavy atom. The SMILES string of the molecule is Nc1cccc(C(O)C(O)CCO)c1[N+](=O)[O-]. The monoisotopic (exact) mass is 242 g/mol. The minimum Gasteiger partial charge on any atom is -0.396 e. The van der Waals surface area contributed by atoms with E-state index >= 15 is 0 Å². The van der Waals surface area contributed by atoms with Crippen LogP contribution in [0.1, 0.15) is 18.1 Å². The molecule has 0 saturated carbocycles. The Kier molecular flexibility index (Phi) is 4.38. The number of hydrogen-bond acceptors (Lipinski definition) is 6. The molecule has 17 heavy (non-hydrogen) atoms. The molecule has 0 bridgehead atoms. The number of anilines is 1. The number of nitrogens with two attached hydrogens (primary N) is 1. The molecule has 0 aliphatic heterocycles. The molecule has 0 heterocycles. The van der Waals surface area contributed by atoms with Crippen LogP contribution in [0.3, 0.4) is 0 Å². The molecule has 0 amide bonds. The summed E-state index contributed by atoms with van der Waals surface area (Å²) in [5.41, 5.74) is 4.89. The lowest BCUT2D eigenvalue weighted by Gasteiger charge is -2.17. The Bertz CT molecular complexity index is 410. The van der Waals surface area contributed by atoms with Gasteiger partial charge in [-0.2, -0.15) is 0 Å². The molecule has 1 aromatic rings. The van der Waals surface area contributed by atoms with Crippen LogP contribution in [0.25, 0.3) is 0 Å². The van der Waals surface area contributed by atoms with Crippen molar-refractivity contribution >= 4 is 11.4 Å². The van der Waals surface area contributed by atoms with Crippen molar-refractivity contribution in [2.75, 3.05) is 12.3 Å². The molecule has 7 nitrogen and oxygen atoms in total. The van der Waals surface area contributed by atoms with E-state index in [-0.39, 0.29) is 24.3 Å².